The van der Waals surface area contributed by atoms with Crippen molar-refractivity contribution in [1.82, 2.24) is 10.3 Å². The molecule has 0 fully saturated rings. The van der Waals surface area contributed by atoms with Gasteiger partial charge in [-0.1, -0.05) is 11.6 Å². The summed E-state index contributed by atoms with van der Waals surface area (Å²) in [6.07, 6.45) is -2.60. The Morgan fingerprint density at radius 1 is 1.56 bits per heavy atom. The molecule has 2 N–H and O–H groups in total. The predicted molar refractivity (Wildman–Crippen MR) is 57.1 cm³/mol. The van der Waals surface area contributed by atoms with E-state index in [9.17, 15) is 13.6 Å². The van der Waals surface area contributed by atoms with Gasteiger partial charge < -0.3 is 10.6 Å². The number of hydrogen-bond acceptors (Lipinski definition) is 3. The summed E-state index contributed by atoms with van der Waals surface area (Å²) < 4.78 is 23.8. The molecule has 0 atom stereocenters. The highest BCUT2D eigenvalue weighted by Gasteiger charge is 2.14. The molecule has 7 heteroatoms. The van der Waals surface area contributed by atoms with Gasteiger partial charge in [0, 0.05) is 7.05 Å². The van der Waals surface area contributed by atoms with Crippen molar-refractivity contribution in [2.24, 2.45) is 0 Å². The molecule has 0 unspecified atom stereocenters. The number of amides is 1. The van der Waals surface area contributed by atoms with Gasteiger partial charge in [-0.25, -0.2) is 13.8 Å². The molecule has 0 bridgehead atoms. The predicted octanol–water partition coefficient (Wildman–Crippen LogP) is 1.77. The summed E-state index contributed by atoms with van der Waals surface area (Å²) in [6.45, 7) is -0.722. The van der Waals surface area contributed by atoms with Crippen LogP contribution in [0, 0.1) is 0 Å². The van der Waals surface area contributed by atoms with Crippen LogP contribution in [0.15, 0.2) is 12.1 Å². The van der Waals surface area contributed by atoms with Crippen molar-refractivity contribution in [3.8, 4) is 0 Å². The van der Waals surface area contributed by atoms with Crippen LogP contribution in [0.4, 0.5) is 14.6 Å². The third-order valence-electron chi connectivity index (χ3n) is 1.73. The van der Waals surface area contributed by atoms with E-state index in [2.05, 4.69) is 10.3 Å². The van der Waals surface area contributed by atoms with Crippen LogP contribution < -0.4 is 10.6 Å². The molecule has 1 aromatic heterocycles. The zero-order valence-corrected chi connectivity index (χ0v) is 9.18. The van der Waals surface area contributed by atoms with Crippen molar-refractivity contribution in [3.05, 3.63) is 22.8 Å². The van der Waals surface area contributed by atoms with Crippen molar-refractivity contribution in [2.45, 2.75) is 6.43 Å². The van der Waals surface area contributed by atoms with Crippen LogP contribution in [0.25, 0.3) is 0 Å². The van der Waals surface area contributed by atoms with Crippen LogP contribution in [0.5, 0.6) is 0 Å². The minimum absolute atomic E-state index is 0.0748. The zero-order chi connectivity index (χ0) is 12.1. The number of nitrogens with zero attached hydrogens (tertiary/aromatic N) is 1. The normalized spacial score (nSPS) is 10.3. The fourth-order valence-electron chi connectivity index (χ4n) is 0.994. The average Bonchev–Trinajstić information content (AvgIpc) is 2.26. The Morgan fingerprint density at radius 2 is 2.25 bits per heavy atom. The molecule has 1 rings (SSSR count). The van der Waals surface area contributed by atoms with Gasteiger partial charge in [0.25, 0.3) is 12.3 Å². The number of carbonyl (C=O) groups is 1. The molecule has 0 aromatic carbocycles. The number of hydrogen-bond donors (Lipinski definition) is 2. The summed E-state index contributed by atoms with van der Waals surface area (Å²) in [5.41, 5.74) is -0.0748. The monoisotopic (exact) mass is 249 g/mol. The number of carbonyl (C=O) groups excluding carboxylic acids is 1. The molecule has 4 nitrogen and oxygen atoms in total. The summed E-state index contributed by atoms with van der Waals surface area (Å²) in [6, 6.07) is 3.05. The lowest BCUT2D eigenvalue weighted by atomic mass is 10.3. The molecule has 0 aliphatic rings. The van der Waals surface area contributed by atoms with E-state index >= 15 is 0 Å². The summed E-state index contributed by atoms with van der Waals surface area (Å²) in [5, 5.41) is 4.86. The molecule has 0 aliphatic carbocycles. The number of anilines is 1. The first kappa shape index (κ1) is 12.6. The van der Waals surface area contributed by atoms with Crippen molar-refractivity contribution in [1.29, 1.82) is 0 Å². The number of rotatable bonds is 4. The molecular weight excluding hydrogens is 240 g/mol. The van der Waals surface area contributed by atoms with Gasteiger partial charge in [-0.05, 0) is 12.1 Å². The van der Waals surface area contributed by atoms with E-state index in [1.165, 1.54) is 6.07 Å². The van der Waals surface area contributed by atoms with Gasteiger partial charge >= 0.3 is 0 Å². The molecule has 1 aromatic rings. The third-order valence-corrected chi connectivity index (χ3v) is 2.04. The number of alkyl halides is 2. The minimum Gasteiger partial charge on any atom is -0.373 e. The van der Waals surface area contributed by atoms with Crippen molar-refractivity contribution in [3.63, 3.8) is 0 Å². The zero-order valence-electron chi connectivity index (χ0n) is 8.43. The molecule has 16 heavy (non-hydrogen) atoms. The van der Waals surface area contributed by atoms with Crippen LogP contribution in [0.1, 0.15) is 10.5 Å². The van der Waals surface area contributed by atoms with Crippen LogP contribution >= 0.6 is 11.6 Å². The number of nitrogens with one attached hydrogen (secondary N) is 2. The molecule has 0 radical (unpaired) electrons. The first-order chi connectivity index (χ1) is 7.54. The Morgan fingerprint density at radius 3 is 2.81 bits per heavy atom. The van der Waals surface area contributed by atoms with E-state index in [0.717, 1.165) is 0 Å². The maximum Gasteiger partial charge on any atom is 0.271 e. The number of pyridine rings is 1. The highest BCUT2D eigenvalue weighted by molar-refractivity contribution is 6.33. The summed E-state index contributed by atoms with van der Waals surface area (Å²) in [4.78, 5) is 15.3. The topological polar surface area (TPSA) is 54.0 Å². The fourth-order valence-corrected chi connectivity index (χ4v) is 1.19. The maximum absolute atomic E-state index is 11.9. The van der Waals surface area contributed by atoms with Crippen molar-refractivity contribution < 1.29 is 13.6 Å². The summed E-state index contributed by atoms with van der Waals surface area (Å²) in [7, 11) is 1.62. The SMILES string of the molecule is CNc1ccc(Cl)c(C(=O)NCC(F)F)n1. The lowest BCUT2D eigenvalue weighted by Crippen LogP contribution is -2.29. The number of aromatic nitrogens is 1. The highest BCUT2D eigenvalue weighted by Crippen LogP contribution is 2.16. The highest BCUT2D eigenvalue weighted by atomic mass is 35.5. The first-order valence-electron chi connectivity index (χ1n) is 4.45. The van der Waals surface area contributed by atoms with Gasteiger partial charge in [0.15, 0.2) is 0 Å². The molecule has 1 amide bonds. The van der Waals surface area contributed by atoms with Crippen LogP contribution in [0.2, 0.25) is 5.02 Å². The first-order valence-corrected chi connectivity index (χ1v) is 4.83. The molecular formula is C9H10ClF2N3O. The lowest BCUT2D eigenvalue weighted by Gasteiger charge is -2.07. The largest absolute Gasteiger partial charge is 0.373 e. The Labute approximate surface area is 96.0 Å². The van der Waals surface area contributed by atoms with Gasteiger partial charge in [-0.15, -0.1) is 0 Å². The summed E-state index contributed by atoms with van der Waals surface area (Å²) >= 11 is 5.72. The maximum atomic E-state index is 11.9. The Balaban J connectivity index is 2.81. The second kappa shape index (κ2) is 5.60. The fraction of sp³-hybridized carbons (Fsp3) is 0.333. The molecule has 0 saturated heterocycles. The van der Waals surface area contributed by atoms with E-state index in [0.29, 0.717) is 5.82 Å². The van der Waals surface area contributed by atoms with Gasteiger partial charge in [0.05, 0.1) is 11.6 Å². The van der Waals surface area contributed by atoms with E-state index in [4.69, 9.17) is 11.6 Å². The van der Waals surface area contributed by atoms with E-state index in [1.54, 1.807) is 13.1 Å². The molecule has 0 aliphatic heterocycles. The van der Waals surface area contributed by atoms with E-state index < -0.39 is 18.9 Å². The molecule has 0 saturated carbocycles. The average molecular weight is 250 g/mol. The van der Waals surface area contributed by atoms with Crippen LogP contribution in [-0.4, -0.2) is 30.9 Å². The van der Waals surface area contributed by atoms with E-state index in [-0.39, 0.29) is 10.7 Å². The lowest BCUT2D eigenvalue weighted by molar-refractivity contribution is 0.0887. The van der Waals surface area contributed by atoms with Crippen molar-refractivity contribution in [2.75, 3.05) is 18.9 Å². The minimum atomic E-state index is -2.60. The Hall–Kier alpha value is -1.43. The number of halogens is 3. The third kappa shape index (κ3) is 3.30. The van der Waals surface area contributed by atoms with Crippen molar-refractivity contribution >= 4 is 23.3 Å². The molecule has 88 valence electrons. The van der Waals surface area contributed by atoms with Crippen LogP contribution in [-0.2, 0) is 0 Å². The standard InChI is InChI=1S/C9H10ClF2N3O/c1-13-7-3-2-5(10)8(15-7)9(16)14-4-6(11)12/h2-3,6H,4H2,1H3,(H,13,15)(H,14,16). The Kier molecular flexibility index (Phi) is 4.42. The smallest absolute Gasteiger partial charge is 0.271 e. The van der Waals surface area contributed by atoms with Gasteiger partial charge in [-0.2, -0.15) is 0 Å². The van der Waals surface area contributed by atoms with Gasteiger partial charge in [0.1, 0.15) is 11.5 Å². The Bertz CT molecular complexity index is 387. The second-order valence-corrected chi connectivity index (χ2v) is 3.29. The second-order valence-electron chi connectivity index (χ2n) is 2.88. The van der Waals surface area contributed by atoms with Crippen LogP contribution in [0.3, 0.4) is 0 Å². The van der Waals surface area contributed by atoms with E-state index in [1.807, 2.05) is 5.32 Å². The molecule has 0 spiro atoms. The molecule has 1 heterocycles. The quantitative estimate of drug-likeness (QED) is 0.855. The van der Waals surface area contributed by atoms with Gasteiger partial charge in [-0.3, -0.25) is 4.79 Å². The summed E-state index contributed by atoms with van der Waals surface area (Å²) in [5.74, 6) is -0.283. The van der Waals surface area contributed by atoms with Gasteiger partial charge in [0.2, 0.25) is 0 Å².